The van der Waals surface area contributed by atoms with Gasteiger partial charge in [-0.3, -0.25) is 13.9 Å². The second-order valence-corrected chi connectivity index (χ2v) is 11.5. The average Bonchev–Trinajstić information content (AvgIpc) is 3.26. The van der Waals surface area contributed by atoms with Gasteiger partial charge in [0.05, 0.1) is 10.6 Å². The van der Waals surface area contributed by atoms with Gasteiger partial charge < -0.3 is 10.2 Å². The van der Waals surface area contributed by atoms with E-state index < -0.39 is 15.9 Å². The van der Waals surface area contributed by atoms with Crippen LogP contribution >= 0.6 is 15.9 Å². The fourth-order valence-corrected chi connectivity index (χ4v) is 5.92. The molecule has 0 aromatic heterocycles. The number of nitrogens with one attached hydrogen (secondary N) is 1. The molecule has 0 saturated carbocycles. The van der Waals surface area contributed by atoms with E-state index in [0.717, 1.165) is 34.0 Å². The molecule has 188 valence electrons. The van der Waals surface area contributed by atoms with Gasteiger partial charge in [-0.1, -0.05) is 64.0 Å². The van der Waals surface area contributed by atoms with Gasteiger partial charge in [0.15, 0.2) is 0 Å². The summed E-state index contributed by atoms with van der Waals surface area (Å²) in [5.74, 6) is -0.294. The minimum absolute atomic E-state index is 0.113. The fraction of sp³-hybridized carbons (Fsp3) is 0.259. The molecule has 1 N–H and O–H groups in total. The largest absolute Gasteiger partial charge is 0.350 e. The first kappa shape index (κ1) is 25.9. The Labute approximate surface area is 220 Å². The van der Waals surface area contributed by atoms with Crippen molar-refractivity contribution in [3.8, 4) is 0 Å². The second kappa shape index (κ2) is 11.3. The van der Waals surface area contributed by atoms with Gasteiger partial charge in [0.25, 0.3) is 10.0 Å². The lowest BCUT2D eigenvalue weighted by Gasteiger charge is -2.24. The van der Waals surface area contributed by atoms with E-state index in [-0.39, 0.29) is 23.9 Å². The molecule has 1 saturated heterocycles. The molecule has 0 bridgehead atoms. The van der Waals surface area contributed by atoms with Crippen molar-refractivity contribution in [3.63, 3.8) is 0 Å². The minimum Gasteiger partial charge on any atom is -0.350 e. The molecule has 0 spiro atoms. The number of nitrogens with zero attached hydrogens (tertiary/aromatic N) is 2. The molecule has 3 aromatic carbocycles. The number of aryl methyl sites for hydroxylation is 1. The highest BCUT2D eigenvalue weighted by molar-refractivity contribution is 9.10. The van der Waals surface area contributed by atoms with E-state index in [4.69, 9.17) is 0 Å². The van der Waals surface area contributed by atoms with Crippen LogP contribution in [0.4, 0.5) is 5.69 Å². The zero-order chi connectivity index (χ0) is 25.7. The first-order chi connectivity index (χ1) is 17.2. The third kappa shape index (κ3) is 6.14. The minimum atomic E-state index is -3.99. The summed E-state index contributed by atoms with van der Waals surface area (Å²) in [7, 11) is -3.99. The van der Waals surface area contributed by atoms with Crippen molar-refractivity contribution in [3.05, 3.63) is 94.0 Å². The van der Waals surface area contributed by atoms with Crippen LogP contribution in [0, 0.1) is 6.92 Å². The normalized spacial score (nSPS) is 13.6. The van der Waals surface area contributed by atoms with Gasteiger partial charge in [-0.25, -0.2) is 8.42 Å². The molecule has 2 amide bonds. The van der Waals surface area contributed by atoms with Crippen molar-refractivity contribution in [1.82, 2.24) is 10.2 Å². The molecular weight excluding hydrogens is 542 g/mol. The van der Waals surface area contributed by atoms with E-state index in [9.17, 15) is 18.0 Å². The number of amides is 2. The third-order valence-electron chi connectivity index (χ3n) is 6.12. The maximum Gasteiger partial charge on any atom is 0.264 e. The maximum atomic E-state index is 13.5. The molecule has 7 nitrogen and oxygen atoms in total. The van der Waals surface area contributed by atoms with Gasteiger partial charge in [-0.2, -0.15) is 0 Å². The predicted molar refractivity (Wildman–Crippen MR) is 143 cm³/mol. The first-order valence-corrected chi connectivity index (χ1v) is 13.9. The summed E-state index contributed by atoms with van der Waals surface area (Å²) in [6.45, 7) is 2.97. The van der Waals surface area contributed by atoms with Crippen LogP contribution in [0.5, 0.6) is 0 Å². The fourth-order valence-electron chi connectivity index (χ4n) is 4.12. The Kier molecular flexibility index (Phi) is 8.11. The summed E-state index contributed by atoms with van der Waals surface area (Å²) in [6.07, 6.45) is 1.43. The third-order valence-corrected chi connectivity index (χ3v) is 8.40. The Morgan fingerprint density at radius 1 is 1.03 bits per heavy atom. The molecule has 1 aliphatic rings. The standard InChI is InChI=1S/C27H28BrN3O4S/c1-20-11-13-25(14-12-20)36(34,35)31(24-9-4-8-23(28)16-24)19-26(32)29-17-21-6-2-3-7-22(21)18-30-15-5-10-27(30)33/h2-4,6-9,11-14,16H,5,10,15,17-19H2,1H3,(H,29,32). The SMILES string of the molecule is Cc1ccc(S(=O)(=O)N(CC(=O)NCc2ccccc2CN2CCCC2=O)c2cccc(Br)c2)cc1. The van der Waals surface area contributed by atoms with Crippen molar-refractivity contribution >= 4 is 43.5 Å². The van der Waals surface area contributed by atoms with Gasteiger partial charge in [-0.15, -0.1) is 0 Å². The Hall–Kier alpha value is -3.17. The van der Waals surface area contributed by atoms with Gasteiger partial charge in [0.1, 0.15) is 6.54 Å². The van der Waals surface area contributed by atoms with Crippen molar-refractivity contribution in [2.24, 2.45) is 0 Å². The van der Waals surface area contributed by atoms with Gasteiger partial charge >= 0.3 is 0 Å². The Bertz CT molecular complexity index is 1360. The maximum absolute atomic E-state index is 13.5. The van der Waals surface area contributed by atoms with Gasteiger partial charge in [-0.05, 0) is 54.8 Å². The quantitative estimate of drug-likeness (QED) is 0.414. The van der Waals surface area contributed by atoms with E-state index in [1.54, 1.807) is 48.5 Å². The number of hydrogen-bond acceptors (Lipinski definition) is 4. The van der Waals surface area contributed by atoms with Crippen LogP contribution < -0.4 is 9.62 Å². The molecular formula is C27H28BrN3O4S. The zero-order valence-corrected chi connectivity index (χ0v) is 22.4. The lowest BCUT2D eigenvalue weighted by Crippen LogP contribution is -2.40. The molecule has 0 unspecified atom stereocenters. The molecule has 0 radical (unpaired) electrons. The average molecular weight is 571 g/mol. The summed E-state index contributed by atoms with van der Waals surface area (Å²) >= 11 is 3.39. The Morgan fingerprint density at radius 3 is 2.42 bits per heavy atom. The molecule has 4 rings (SSSR count). The first-order valence-electron chi connectivity index (χ1n) is 11.7. The highest BCUT2D eigenvalue weighted by Crippen LogP contribution is 2.26. The number of rotatable bonds is 9. The second-order valence-electron chi connectivity index (χ2n) is 8.77. The number of hydrogen-bond donors (Lipinski definition) is 1. The summed E-state index contributed by atoms with van der Waals surface area (Å²) < 4.78 is 28.9. The number of benzene rings is 3. The van der Waals surface area contributed by atoms with Crippen molar-refractivity contribution in [1.29, 1.82) is 0 Å². The Morgan fingerprint density at radius 2 is 1.75 bits per heavy atom. The summed E-state index contributed by atoms with van der Waals surface area (Å²) in [6, 6.07) is 21.0. The number of carbonyl (C=O) groups is 2. The highest BCUT2D eigenvalue weighted by Gasteiger charge is 2.27. The lowest BCUT2D eigenvalue weighted by atomic mass is 10.1. The van der Waals surface area contributed by atoms with E-state index in [1.165, 1.54) is 0 Å². The van der Waals surface area contributed by atoms with Crippen LogP contribution in [0.3, 0.4) is 0 Å². The molecule has 1 fully saturated rings. The van der Waals surface area contributed by atoms with Crippen LogP contribution in [0.15, 0.2) is 82.2 Å². The van der Waals surface area contributed by atoms with E-state index in [1.807, 2.05) is 36.1 Å². The van der Waals surface area contributed by atoms with Crippen LogP contribution in [0.2, 0.25) is 0 Å². The zero-order valence-electron chi connectivity index (χ0n) is 20.0. The van der Waals surface area contributed by atoms with E-state index in [2.05, 4.69) is 21.2 Å². The van der Waals surface area contributed by atoms with E-state index in [0.29, 0.717) is 23.1 Å². The van der Waals surface area contributed by atoms with Crippen molar-refractivity contribution in [2.45, 2.75) is 37.8 Å². The predicted octanol–water partition coefficient (Wildman–Crippen LogP) is 4.39. The molecule has 9 heteroatoms. The molecule has 1 aliphatic heterocycles. The van der Waals surface area contributed by atoms with Crippen molar-refractivity contribution < 1.29 is 18.0 Å². The summed E-state index contributed by atoms with van der Waals surface area (Å²) in [4.78, 5) is 27.0. The van der Waals surface area contributed by atoms with Crippen molar-refractivity contribution in [2.75, 3.05) is 17.4 Å². The van der Waals surface area contributed by atoms with Gasteiger partial charge in [0, 0.05) is 30.5 Å². The lowest BCUT2D eigenvalue weighted by molar-refractivity contribution is -0.128. The van der Waals surface area contributed by atoms with Crippen LogP contribution in [-0.2, 0) is 32.7 Å². The highest BCUT2D eigenvalue weighted by atomic mass is 79.9. The molecule has 3 aromatic rings. The molecule has 0 atom stereocenters. The van der Waals surface area contributed by atoms with Crippen LogP contribution in [0.25, 0.3) is 0 Å². The van der Waals surface area contributed by atoms with Crippen LogP contribution in [-0.4, -0.2) is 38.2 Å². The molecule has 36 heavy (non-hydrogen) atoms. The van der Waals surface area contributed by atoms with E-state index >= 15 is 0 Å². The number of anilines is 1. The monoisotopic (exact) mass is 569 g/mol. The number of likely N-dealkylation sites (tertiary alicyclic amines) is 1. The Balaban J connectivity index is 1.52. The topological polar surface area (TPSA) is 86.8 Å². The number of halogens is 1. The summed E-state index contributed by atoms with van der Waals surface area (Å²) in [5, 5.41) is 2.86. The smallest absolute Gasteiger partial charge is 0.264 e. The number of carbonyl (C=O) groups excluding carboxylic acids is 2. The van der Waals surface area contributed by atoms with Crippen LogP contribution in [0.1, 0.15) is 29.5 Å². The molecule has 1 heterocycles. The summed E-state index contributed by atoms with van der Waals surface area (Å²) in [5.41, 5.74) is 3.17. The molecule has 0 aliphatic carbocycles. The number of sulfonamides is 1. The van der Waals surface area contributed by atoms with Gasteiger partial charge in [0.2, 0.25) is 11.8 Å².